The summed E-state index contributed by atoms with van der Waals surface area (Å²) >= 11 is 0. The van der Waals surface area contributed by atoms with Crippen LogP contribution in [-0.4, -0.2) is 21.6 Å². The fourth-order valence-corrected chi connectivity index (χ4v) is 3.39. The van der Waals surface area contributed by atoms with E-state index in [1.165, 1.54) is 13.0 Å². The normalized spacial score (nSPS) is 21.0. The third kappa shape index (κ3) is 4.90. The summed E-state index contributed by atoms with van der Waals surface area (Å²) in [5.74, 6) is 0.0886. The van der Waals surface area contributed by atoms with Gasteiger partial charge in [-0.3, -0.25) is 24.3 Å². The standard InChI is InChI=1S/C18H26N2O5/c1-12-9-14(20(23)24)10-19(17(12)22)11-16(21)25-15-7-5-13(6-8-15)18(2,3)4/h9-10,13,15H,5-8,11H2,1-4H3. The topological polar surface area (TPSA) is 91.4 Å². The molecule has 2 rings (SSSR count). The van der Waals surface area contributed by atoms with Gasteiger partial charge in [-0.15, -0.1) is 0 Å². The van der Waals surface area contributed by atoms with E-state index in [4.69, 9.17) is 4.74 Å². The first-order valence-electron chi connectivity index (χ1n) is 8.63. The third-order valence-electron chi connectivity index (χ3n) is 4.96. The number of aryl methyl sites for hydroxylation is 1. The van der Waals surface area contributed by atoms with Crippen LogP contribution < -0.4 is 5.56 Å². The molecule has 7 nitrogen and oxygen atoms in total. The zero-order valence-electron chi connectivity index (χ0n) is 15.3. The van der Waals surface area contributed by atoms with Gasteiger partial charge < -0.3 is 4.74 Å². The van der Waals surface area contributed by atoms with Crippen LogP contribution in [0.4, 0.5) is 5.69 Å². The predicted molar refractivity (Wildman–Crippen MR) is 93.4 cm³/mol. The molecular formula is C18H26N2O5. The van der Waals surface area contributed by atoms with Crippen molar-refractivity contribution in [3.63, 3.8) is 0 Å². The monoisotopic (exact) mass is 350 g/mol. The molecule has 0 saturated heterocycles. The van der Waals surface area contributed by atoms with Crippen LogP contribution >= 0.6 is 0 Å². The van der Waals surface area contributed by atoms with Gasteiger partial charge in [-0.1, -0.05) is 20.8 Å². The Morgan fingerprint density at radius 2 is 1.92 bits per heavy atom. The summed E-state index contributed by atoms with van der Waals surface area (Å²) in [4.78, 5) is 34.5. The molecule has 1 saturated carbocycles. The van der Waals surface area contributed by atoms with E-state index in [2.05, 4.69) is 20.8 Å². The number of nitrogens with zero attached hydrogens (tertiary/aromatic N) is 2. The van der Waals surface area contributed by atoms with E-state index in [9.17, 15) is 19.7 Å². The number of carbonyl (C=O) groups is 1. The quantitative estimate of drug-likeness (QED) is 0.472. The molecule has 1 heterocycles. The van der Waals surface area contributed by atoms with Crippen LogP contribution in [0.25, 0.3) is 0 Å². The van der Waals surface area contributed by atoms with Crippen LogP contribution in [0.5, 0.6) is 0 Å². The Labute approximate surface area is 147 Å². The third-order valence-corrected chi connectivity index (χ3v) is 4.96. The lowest BCUT2D eigenvalue weighted by Crippen LogP contribution is -2.32. The Kier molecular flexibility index (Phi) is 5.65. The summed E-state index contributed by atoms with van der Waals surface area (Å²) in [6, 6.07) is 1.21. The van der Waals surface area contributed by atoms with Gasteiger partial charge in [-0.25, -0.2) is 0 Å². The van der Waals surface area contributed by atoms with Crippen LogP contribution in [0, 0.1) is 28.4 Å². The fourth-order valence-electron chi connectivity index (χ4n) is 3.39. The maximum atomic E-state index is 12.2. The molecule has 0 atom stereocenters. The summed E-state index contributed by atoms with van der Waals surface area (Å²) in [5, 5.41) is 10.9. The van der Waals surface area contributed by atoms with Crippen molar-refractivity contribution in [2.75, 3.05) is 0 Å². The molecule has 25 heavy (non-hydrogen) atoms. The molecule has 1 aromatic rings. The van der Waals surface area contributed by atoms with Crippen molar-refractivity contribution < 1.29 is 14.5 Å². The minimum atomic E-state index is -0.581. The number of aromatic nitrogens is 1. The van der Waals surface area contributed by atoms with Crippen molar-refractivity contribution in [2.45, 2.75) is 66.0 Å². The minimum absolute atomic E-state index is 0.137. The van der Waals surface area contributed by atoms with Crippen molar-refractivity contribution in [1.29, 1.82) is 0 Å². The van der Waals surface area contributed by atoms with Gasteiger partial charge in [0, 0.05) is 11.6 Å². The highest BCUT2D eigenvalue weighted by molar-refractivity contribution is 5.69. The van der Waals surface area contributed by atoms with E-state index >= 15 is 0 Å². The molecule has 138 valence electrons. The van der Waals surface area contributed by atoms with Crippen LogP contribution in [0.2, 0.25) is 0 Å². The first-order chi connectivity index (χ1) is 11.6. The molecule has 1 fully saturated rings. The number of nitro groups is 1. The van der Waals surface area contributed by atoms with E-state index in [1.54, 1.807) is 0 Å². The molecule has 0 aliphatic heterocycles. The number of pyridine rings is 1. The molecule has 0 radical (unpaired) electrons. The number of hydrogen-bond donors (Lipinski definition) is 0. The van der Waals surface area contributed by atoms with Gasteiger partial charge in [0.25, 0.3) is 11.2 Å². The summed E-state index contributed by atoms with van der Waals surface area (Å²) in [6.45, 7) is 7.86. The highest BCUT2D eigenvalue weighted by Gasteiger charge is 2.31. The first-order valence-corrected chi connectivity index (χ1v) is 8.63. The van der Waals surface area contributed by atoms with Gasteiger partial charge in [-0.05, 0) is 43.9 Å². The maximum absolute atomic E-state index is 12.2. The molecule has 1 aliphatic carbocycles. The van der Waals surface area contributed by atoms with Gasteiger partial charge in [0.15, 0.2) is 0 Å². The van der Waals surface area contributed by atoms with Gasteiger partial charge in [0.1, 0.15) is 12.6 Å². The van der Waals surface area contributed by atoms with Crippen molar-refractivity contribution in [3.05, 3.63) is 38.3 Å². The molecule has 0 N–H and O–H groups in total. The van der Waals surface area contributed by atoms with Crippen LogP contribution in [-0.2, 0) is 16.1 Å². The zero-order valence-corrected chi connectivity index (χ0v) is 15.3. The molecule has 0 bridgehead atoms. The lowest BCUT2D eigenvalue weighted by atomic mass is 9.72. The Balaban J connectivity index is 1.98. The average Bonchev–Trinajstić information content (AvgIpc) is 2.51. The number of rotatable bonds is 4. The van der Waals surface area contributed by atoms with E-state index in [0.717, 1.165) is 36.4 Å². The van der Waals surface area contributed by atoms with Crippen molar-refractivity contribution in [3.8, 4) is 0 Å². The van der Waals surface area contributed by atoms with Gasteiger partial charge in [-0.2, -0.15) is 0 Å². The molecule has 1 aliphatic rings. The maximum Gasteiger partial charge on any atom is 0.326 e. The first kappa shape index (κ1) is 19.1. The van der Waals surface area contributed by atoms with Crippen LogP contribution in [0.3, 0.4) is 0 Å². The molecule has 0 aromatic carbocycles. The Bertz CT molecular complexity index is 709. The number of esters is 1. The second-order valence-electron chi connectivity index (χ2n) is 7.90. The summed E-state index contributed by atoms with van der Waals surface area (Å²) in [6.07, 6.45) is 4.61. The smallest absolute Gasteiger partial charge is 0.326 e. The highest BCUT2D eigenvalue weighted by Crippen LogP contribution is 2.38. The molecular weight excluding hydrogens is 324 g/mol. The second-order valence-corrected chi connectivity index (χ2v) is 7.90. The van der Waals surface area contributed by atoms with E-state index in [0.29, 0.717) is 5.92 Å². The second kappa shape index (κ2) is 7.37. The summed E-state index contributed by atoms with van der Waals surface area (Å²) in [5.41, 5.74) is -0.148. The van der Waals surface area contributed by atoms with Crippen molar-refractivity contribution in [1.82, 2.24) is 4.57 Å². The molecule has 0 amide bonds. The molecule has 1 aromatic heterocycles. The van der Waals surface area contributed by atoms with Crippen molar-refractivity contribution in [2.24, 2.45) is 11.3 Å². The van der Waals surface area contributed by atoms with Crippen LogP contribution in [0.1, 0.15) is 52.0 Å². The Morgan fingerprint density at radius 3 is 2.44 bits per heavy atom. The lowest BCUT2D eigenvalue weighted by molar-refractivity contribution is -0.385. The van der Waals surface area contributed by atoms with Gasteiger partial charge in [0.05, 0.1) is 11.1 Å². The molecule has 0 unspecified atom stereocenters. The largest absolute Gasteiger partial charge is 0.461 e. The van der Waals surface area contributed by atoms with Crippen molar-refractivity contribution >= 4 is 11.7 Å². The highest BCUT2D eigenvalue weighted by atomic mass is 16.6. The predicted octanol–water partition coefficient (Wildman–Crippen LogP) is 3.21. The fraction of sp³-hybridized carbons (Fsp3) is 0.667. The Hall–Kier alpha value is -2.18. The lowest BCUT2D eigenvalue weighted by Gasteiger charge is -2.36. The van der Waals surface area contributed by atoms with Gasteiger partial charge in [0.2, 0.25) is 0 Å². The van der Waals surface area contributed by atoms with E-state index in [-0.39, 0.29) is 29.3 Å². The Morgan fingerprint density at radius 1 is 1.32 bits per heavy atom. The number of ether oxygens (including phenoxy) is 1. The average molecular weight is 350 g/mol. The van der Waals surface area contributed by atoms with E-state index in [1.807, 2.05) is 0 Å². The molecule has 0 spiro atoms. The summed E-state index contributed by atoms with van der Waals surface area (Å²) < 4.78 is 6.54. The van der Waals surface area contributed by atoms with Crippen LogP contribution in [0.15, 0.2) is 17.1 Å². The number of hydrogen-bond acceptors (Lipinski definition) is 5. The summed E-state index contributed by atoms with van der Waals surface area (Å²) in [7, 11) is 0. The molecule has 7 heteroatoms. The zero-order chi connectivity index (χ0) is 18.8. The van der Waals surface area contributed by atoms with E-state index < -0.39 is 16.5 Å². The minimum Gasteiger partial charge on any atom is -0.461 e. The SMILES string of the molecule is Cc1cc([N+](=O)[O-])cn(CC(=O)OC2CCC(C(C)(C)C)CC2)c1=O. The van der Waals surface area contributed by atoms with Gasteiger partial charge >= 0.3 is 5.97 Å². The number of carbonyl (C=O) groups excluding carboxylic acids is 1.